The average Bonchev–Trinajstić information content (AvgIpc) is 3.22. The minimum Gasteiger partial charge on any atom is -0.497 e. The number of methoxy groups -OCH3 is 1. The zero-order valence-electron chi connectivity index (χ0n) is 19.1. The molecule has 3 aromatic rings. The van der Waals surface area contributed by atoms with Gasteiger partial charge in [0, 0.05) is 26.2 Å². The van der Waals surface area contributed by atoms with Crippen LogP contribution in [0.1, 0.15) is 17.5 Å². The van der Waals surface area contributed by atoms with Gasteiger partial charge in [-0.05, 0) is 42.3 Å². The molecule has 0 N–H and O–H groups in total. The number of benzene rings is 3. The molecule has 5 rings (SSSR count). The molecule has 0 atom stereocenters. The van der Waals surface area contributed by atoms with Crippen LogP contribution in [-0.2, 0) is 11.3 Å². The molecule has 0 bridgehead atoms. The number of hydrogen-bond acceptors (Lipinski definition) is 6. The van der Waals surface area contributed by atoms with Gasteiger partial charge >= 0.3 is 6.09 Å². The summed E-state index contributed by atoms with van der Waals surface area (Å²) < 4.78 is 17.2. The first-order chi connectivity index (χ1) is 16.7. The molecular weight excluding hydrogens is 430 g/mol. The number of carbonyl (C=O) groups excluding carboxylic acids is 1. The minimum absolute atomic E-state index is 0.272. The van der Waals surface area contributed by atoms with Gasteiger partial charge in [0.2, 0.25) is 0 Å². The first-order valence-corrected chi connectivity index (χ1v) is 11.5. The summed E-state index contributed by atoms with van der Waals surface area (Å²) in [6.07, 6.45) is 0.519. The van der Waals surface area contributed by atoms with Crippen molar-refractivity contribution in [2.45, 2.75) is 13.0 Å². The maximum atomic E-state index is 12.7. The van der Waals surface area contributed by atoms with Crippen molar-refractivity contribution in [3.63, 3.8) is 0 Å². The lowest BCUT2D eigenvalue weighted by Gasteiger charge is -2.25. The van der Waals surface area contributed by atoms with E-state index in [0.717, 1.165) is 47.1 Å². The molecular formula is C27H27N3O4. The molecule has 1 saturated heterocycles. The van der Waals surface area contributed by atoms with Crippen molar-refractivity contribution in [3.05, 3.63) is 83.9 Å². The number of para-hydroxylation sites is 2. The second-order valence-corrected chi connectivity index (χ2v) is 8.24. The Labute approximate surface area is 199 Å². The van der Waals surface area contributed by atoms with Crippen LogP contribution < -0.4 is 9.47 Å². The number of fused-ring (bicyclic) bond motifs is 2. The first-order valence-electron chi connectivity index (χ1n) is 11.5. The van der Waals surface area contributed by atoms with Crippen LogP contribution in [0.15, 0.2) is 77.8 Å². The van der Waals surface area contributed by atoms with Crippen molar-refractivity contribution in [3.8, 4) is 17.2 Å². The van der Waals surface area contributed by atoms with Crippen LogP contribution in [0.3, 0.4) is 0 Å². The maximum absolute atomic E-state index is 12.7. The molecule has 7 nitrogen and oxygen atoms in total. The zero-order chi connectivity index (χ0) is 23.3. The standard InChI is InChI=1S/C27H27N3O4/c1-32-21-12-13-24-22(18-21)26(28-23-10-5-6-11-25(23)34-24)29-14-7-15-30(17-16-29)27(31)33-19-20-8-3-2-4-9-20/h2-6,8-13,18H,7,14-17,19H2,1H3. The zero-order valence-corrected chi connectivity index (χ0v) is 19.1. The fourth-order valence-electron chi connectivity index (χ4n) is 4.19. The summed E-state index contributed by atoms with van der Waals surface area (Å²) >= 11 is 0. The van der Waals surface area contributed by atoms with E-state index >= 15 is 0 Å². The SMILES string of the molecule is COc1ccc2c(c1)C(N1CCCN(C(=O)OCc3ccccc3)CC1)=Nc1ccccc1O2. The van der Waals surface area contributed by atoms with E-state index in [2.05, 4.69) is 4.90 Å². The highest BCUT2D eigenvalue weighted by molar-refractivity contribution is 6.04. The monoisotopic (exact) mass is 457 g/mol. The minimum atomic E-state index is -0.288. The smallest absolute Gasteiger partial charge is 0.410 e. The van der Waals surface area contributed by atoms with Crippen molar-refractivity contribution in [1.82, 2.24) is 9.80 Å². The van der Waals surface area contributed by atoms with Crippen LogP contribution in [0.2, 0.25) is 0 Å². The Bertz CT molecular complexity index is 1200. The van der Waals surface area contributed by atoms with E-state index in [4.69, 9.17) is 19.2 Å². The van der Waals surface area contributed by atoms with Gasteiger partial charge in [-0.1, -0.05) is 42.5 Å². The van der Waals surface area contributed by atoms with Crippen molar-refractivity contribution in [2.75, 3.05) is 33.3 Å². The number of rotatable bonds is 3. The molecule has 1 amide bonds. The largest absolute Gasteiger partial charge is 0.497 e. The molecule has 0 spiro atoms. The summed E-state index contributed by atoms with van der Waals surface area (Å²) in [5.74, 6) is 3.00. The van der Waals surface area contributed by atoms with Crippen molar-refractivity contribution in [2.24, 2.45) is 4.99 Å². The van der Waals surface area contributed by atoms with Crippen molar-refractivity contribution in [1.29, 1.82) is 0 Å². The average molecular weight is 458 g/mol. The van der Waals surface area contributed by atoms with E-state index in [-0.39, 0.29) is 12.7 Å². The highest BCUT2D eigenvalue weighted by Gasteiger charge is 2.27. The van der Waals surface area contributed by atoms with Gasteiger partial charge in [0.1, 0.15) is 29.6 Å². The third-order valence-electron chi connectivity index (χ3n) is 6.00. The van der Waals surface area contributed by atoms with Gasteiger partial charge in [0.05, 0.1) is 12.7 Å². The first kappa shape index (κ1) is 21.8. The summed E-state index contributed by atoms with van der Waals surface area (Å²) in [4.78, 5) is 21.7. The van der Waals surface area contributed by atoms with E-state index < -0.39 is 0 Å². The Morgan fingerprint density at radius 3 is 2.62 bits per heavy atom. The Kier molecular flexibility index (Phi) is 6.33. The van der Waals surface area contributed by atoms with E-state index in [1.807, 2.05) is 72.8 Å². The number of hydrogen-bond donors (Lipinski definition) is 0. The van der Waals surface area contributed by atoms with Gasteiger partial charge < -0.3 is 24.0 Å². The molecule has 174 valence electrons. The Hall–Kier alpha value is -4.00. The van der Waals surface area contributed by atoms with E-state index in [9.17, 15) is 4.79 Å². The predicted octanol–water partition coefficient (Wildman–Crippen LogP) is 5.22. The van der Waals surface area contributed by atoms with Crippen LogP contribution >= 0.6 is 0 Å². The molecule has 0 radical (unpaired) electrons. The van der Waals surface area contributed by atoms with Crippen LogP contribution in [0.4, 0.5) is 10.5 Å². The third kappa shape index (κ3) is 4.69. The van der Waals surface area contributed by atoms with Gasteiger partial charge in [-0.2, -0.15) is 0 Å². The van der Waals surface area contributed by atoms with Crippen LogP contribution in [0, 0.1) is 0 Å². The summed E-state index contributed by atoms with van der Waals surface area (Å²) in [7, 11) is 1.65. The normalized spacial score (nSPS) is 15.1. The molecule has 0 aromatic heterocycles. The Morgan fingerprint density at radius 1 is 0.941 bits per heavy atom. The summed E-state index contributed by atoms with van der Waals surface area (Å²) in [6, 6.07) is 23.2. The second-order valence-electron chi connectivity index (χ2n) is 8.24. The third-order valence-corrected chi connectivity index (χ3v) is 6.00. The molecule has 1 fully saturated rings. The fraction of sp³-hybridized carbons (Fsp3) is 0.259. The number of carbonyl (C=O) groups is 1. The highest BCUT2D eigenvalue weighted by Crippen LogP contribution is 2.39. The summed E-state index contributed by atoms with van der Waals surface area (Å²) in [5, 5.41) is 0. The highest BCUT2D eigenvalue weighted by atomic mass is 16.6. The van der Waals surface area contributed by atoms with E-state index in [1.165, 1.54) is 0 Å². The predicted molar refractivity (Wildman–Crippen MR) is 130 cm³/mol. The van der Waals surface area contributed by atoms with Crippen molar-refractivity contribution < 1.29 is 19.0 Å². The fourth-order valence-corrected chi connectivity index (χ4v) is 4.19. The van der Waals surface area contributed by atoms with E-state index in [1.54, 1.807) is 12.0 Å². The number of amidine groups is 1. The van der Waals surface area contributed by atoms with Crippen LogP contribution in [0.5, 0.6) is 17.2 Å². The van der Waals surface area contributed by atoms with Crippen molar-refractivity contribution >= 4 is 17.6 Å². The van der Waals surface area contributed by atoms with Gasteiger partial charge in [0.25, 0.3) is 0 Å². The quantitative estimate of drug-likeness (QED) is 0.539. The molecule has 2 aliphatic heterocycles. The lowest BCUT2D eigenvalue weighted by Crippen LogP contribution is -2.37. The van der Waals surface area contributed by atoms with Gasteiger partial charge in [0.15, 0.2) is 5.75 Å². The molecule has 34 heavy (non-hydrogen) atoms. The topological polar surface area (TPSA) is 63.6 Å². The lowest BCUT2D eigenvalue weighted by molar-refractivity contribution is 0.0979. The molecule has 0 saturated carbocycles. The molecule has 0 unspecified atom stereocenters. The maximum Gasteiger partial charge on any atom is 0.410 e. The summed E-state index contributed by atoms with van der Waals surface area (Å²) in [5.41, 5.74) is 2.62. The van der Waals surface area contributed by atoms with Gasteiger partial charge in [-0.15, -0.1) is 0 Å². The molecule has 7 heteroatoms. The number of ether oxygens (including phenoxy) is 3. The number of aliphatic imine (C=N–C) groups is 1. The van der Waals surface area contributed by atoms with Gasteiger partial charge in [-0.3, -0.25) is 0 Å². The van der Waals surface area contributed by atoms with Gasteiger partial charge in [-0.25, -0.2) is 9.79 Å². The van der Waals surface area contributed by atoms with Crippen LogP contribution in [-0.4, -0.2) is 55.0 Å². The molecule has 0 aliphatic carbocycles. The molecule has 2 aliphatic rings. The Balaban J connectivity index is 1.36. The van der Waals surface area contributed by atoms with Crippen LogP contribution in [0.25, 0.3) is 0 Å². The summed E-state index contributed by atoms with van der Waals surface area (Å²) in [6.45, 7) is 2.86. The molecule has 2 heterocycles. The van der Waals surface area contributed by atoms with E-state index in [0.29, 0.717) is 25.4 Å². The lowest BCUT2D eigenvalue weighted by atomic mass is 10.1. The Morgan fingerprint density at radius 2 is 1.76 bits per heavy atom. The number of nitrogens with zero attached hydrogens (tertiary/aromatic N) is 3. The molecule has 3 aromatic carbocycles. The second kappa shape index (κ2) is 9.87. The number of amides is 1.